The van der Waals surface area contributed by atoms with Crippen LogP contribution in [0.1, 0.15) is 17.2 Å². The molecule has 0 aliphatic carbocycles. The molecule has 128 valence electrons. The van der Waals surface area contributed by atoms with E-state index in [1.165, 1.54) is 10.8 Å². The predicted octanol–water partition coefficient (Wildman–Crippen LogP) is -1.87. The van der Waals surface area contributed by atoms with Crippen LogP contribution in [-0.2, 0) is 11.3 Å². The molecular formula is C15H17N3O6. The van der Waals surface area contributed by atoms with Crippen molar-refractivity contribution in [2.45, 2.75) is 31.0 Å². The zero-order valence-electron chi connectivity index (χ0n) is 12.6. The van der Waals surface area contributed by atoms with E-state index in [1.807, 2.05) is 0 Å². The van der Waals surface area contributed by atoms with E-state index in [0.29, 0.717) is 0 Å². The lowest BCUT2D eigenvalue weighted by Gasteiger charge is -2.15. The van der Waals surface area contributed by atoms with Gasteiger partial charge in [0.2, 0.25) is 0 Å². The molecule has 0 bridgehead atoms. The van der Waals surface area contributed by atoms with Gasteiger partial charge in [-0.15, -0.1) is 0 Å². The minimum Gasteiger partial charge on any atom is -0.394 e. The van der Waals surface area contributed by atoms with E-state index in [1.54, 1.807) is 24.5 Å². The van der Waals surface area contributed by atoms with Gasteiger partial charge in [0.15, 0.2) is 0 Å². The highest BCUT2D eigenvalue weighted by molar-refractivity contribution is 5.16. The van der Waals surface area contributed by atoms with Crippen molar-refractivity contribution in [3.05, 3.63) is 62.7 Å². The fraction of sp³-hybridized carbons (Fsp3) is 0.400. The number of pyridine rings is 1. The summed E-state index contributed by atoms with van der Waals surface area (Å²) in [7, 11) is 0. The number of aromatic amines is 1. The average Bonchev–Trinajstić information content (AvgIpc) is 2.86. The number of nitrogens with one attached hydrogen (secondary N) is 1. The molecule has 3 rings (SSSR count). The fourth-order valence-corrected chi connectivity index (χ4v) is 2.69. The molecule has 1 aliphatic rings. The first kappa shape index (κ1) is 16.5. The maximum Gasteiger partial charge on any atom is 0.328 e. The number of aromatic nitrogens is 3. The van der Waals surface area contributed by atoms with E-state index < -0.39 is 42.3 Å². The molecule has 1 aliphatic heterocycles. The highest BCUT2D eigenvalue weighted by Gasteiger charge is 2.44. The highest BCUT2D eigenvalue weighted by atomic mass is 16.6. The van der Waals surface area contributed by atoms with Crippen LogP contribution in [-0.4, -0.2) is 54.8 Å². The highest BCUT2D eigenvalue weighted by Crippen LogP contribution is 2.31. The summed E-state index contributed by atoms with van der Waals surface area (Å²) in [5, 5.41) is 29.0. The first-order valence-corrected chi connectivity index (χ1v) is 7.36. The molecule has 2 aromatic heterocycles. The molecule has 0 amide bonds. The summed E-state index contributed by atoms with van der Waals surface area (Å²) in [5.41, 5.74) is -0.509. The van der Waals surface area contributed by atoms with Crippen molar-refractivity contribution >= 4 is 0 Å². The van der Waals surface area contributed by atoms with Gasteiger partial charge in [-0.1, -0.05) is 0 Å². The molecule has 1 fully saturated rings. The molecule has 9 nitrogen and oxygen atoms in total. The van der Waals surface area contributed by atoms with Gasteiger partial charge in [-0.25, -0.2) is 4.79 Å². The van der Waals surface area contributed by atoms with Gasteiger partial charge in [0.05, 0.1) is 18.7 Å². The molecular weight excluding hydrogens is 318 g/mol. The predicted molar refractivity (Wildman–Crippen MR) is 81.4 cm³/mol. The van der Waals surface area contributed by atoms with Gasteiger partial charge in [-0.05, 0) is 17.7 Å². The molecule has 0 spiro atoms. The first-order valence-electron chi connectivity index (χ1n) is 7.36. The maximum atomic E-state index is 12.1. The van der Waals surface area contributed by atoms with Crippen molar-refractivity contribution in [2.24, 2.45) is 0 Å². The molecule has 24 heavy (non-hydrogen) atoms. The smallest absolute Gasteiger partial charge is 0.328 e. The molecule has 0 aromatic carbocycles. The molecule has 0 saturated carbocycles. The number of aliphatic hydroxyl groups is 3. The second-order valence-electron chi connectivity index (χ2n) is 5.59. The number of H-pyrrole nitrogens is 1. The monoisotopic (exact) mass is 335 g/mol. The first-order chi connectivity index (χ1) is 11.5. The second-order valence-corrected chi connectivity index (χ2v) is 5.59. The Bertz CT molecular complexity index is 818. The Morgan fingerprint density at radius 3 is 2.54 bits per heavy atom. The topological polar surface area (TPSA) is 138 Å². The van der Waals surface area contributed by atoms with E-state index in [2.05, 4.69) is 9.97 Å². The van der Waals surface area contributed by atoms with Crippen LogP contribution in [0.3, 0.4) is 0 Å². The minimum atomic E-state index is -1.38. The van der Waals surface area contributed by atoms with Crippen LogP contribution in [0.15, 0.2) is 40.3 Å². The number of hydrogen-bond acceptors (Lipinski definition) is 7. The second kappa shape index (κ2) is 6.65. The summed E-state index contributed by atoms with van der Waals surface area (Å²) in [5.74, 6) is 0. The van der Waals surface area contributed by atoms with Gasteiger partial charge in [0.1, 0.15) is 24.4 Å². The maximum absolute atomic E-state index is 12.1. The summed E-state index contributed by atoms with van der Waals surface area (Å²) < 4.78 is 6.62. The van der Waals surface area contributed by atoms with Crippen molar-refractivity contribution in [2.75, 3.05) is 6.61 Å². The van der Waals surface area contributed by atoms with Crippen molar-refractivity contribution < 1.29 is 20.1 Å². The lowest BCUT2D eigenvalue weighted by Crippen LogP contribution is -2.36. The molecule has 3 heterocycles. The van der Waals surface area contributed by atoms with Crippen LogP contribution in [0.5, 0.6) is 0 Å². The summed E-state index contributed by atoms with van der Waals surface area (Å²) in [6.07, 6.45) is -0.370. The largest absolute Gasteiger partial charge is 0.394 e. The summed E-state index contributed by atoms with van der Waals surface area (Å²) in [6, 6.07) is 3.45. The van der Waals surface area contributed by atoms with Crippen molar-refractivity contribution in [3.8, 4) is 0 Å². The summed E-state index contributed by atoms with van der Waals surface area (Å²) in [4.78, 5) is 30.1. The Balaban J connectivity index is 1.96. The van der Waals surface area contributed by atoms with Crippen molar-refractivity contribution in [1.29, 1.82) is 0 Å². The Kier molecular flexibility index (Phi) is 4.58. The van der Waals surface area contributed by atoms with E-state index in [-0.39, 0.29) is 12.1 Å². The zero-order valence-corrected chi connectivity index (χ0v) is 12.6. The summed E-state index contributed by atoms with van der Waals surface area (Å²) in [6.45, 7) is -0.302. The zero-order chi connectivity index (χ0) is 17.3. The lowest BCUT2D eigenvalue weighted by molar-refractivity contribution is -0.0233. The third kappa shape index (κ3) is 3.02. The Labute approximate surface area is 135 Å². The summed E-state index contributed by atoms with van der Waals surface area (Å²) >= 11 is 0. The van der Waals surface area contributed by atoms with Crippen LogP contribution in [0.25, 0.3) is 0 Å². The van der Waals surface area contributed by atoms with Crippen LogP contribution >= 0.6 is 0 Å². The van der Waals surface area contributed by atoms with Gasteiger partial charge in [-0.3, -0.25) is 19.3 Å². The van der Waals surface area contributed by atoms with Gasteiger partial charge >= 0.3 is 5.69 Å². The Morgan fingerprint density at radius 2 is 1.92 bits per heavy atom. The number of nitrogens with zero attached hydrogens (tertiary/aromatic N) is 2. The van der Waals surface area contributed by atoms with Crippen molar-refractivity contribution in [3.63, 3.8) is 0 Å². The fourth-order valence-electron chi connectivity index (χ4n) is 2.69. The Morgan fingerprint density at radius 1 is 1.21 bits per heavy atom. The van der Waals surface area contributed by atoms with Crippen LogP contribution in [0.2, 0.25) is 0 Å². The van der Waals surface area contributed by atoms with E-state index >= 15 is 0 Å². The minimum absolute atomic E-state index is 0.00570. The molecule has 9 heteroatoms. The standard InChI is InChI=1S/C15H17N3O6/c19-7-10-11(20)12(21)13(24-10)9-6-18(15(23)17-14(9)22)5-8-1-3-16-4-2-8/h1-4,6,10-13,19-21H,5,7H2,(H,17,22,23)/t10-,11-,12-,13+/m1/s1. The molecule has 4 atom stereocenters. The number of ether oxygens (including phenoxy) is 1. The normalized spacial score (nSPS) is 26.6. The molecule has 4 N–H and O–H groups in total. The lowest BCUT2D eigenvalue weighted by atomic mass is 10.0. The SMILES string of the molecule is O=c1[nH]c(=O)n(Cc2ccncc2)cc1[C@@H]1O[C@H](CO)[C@@H](O)[C@H]1O. The van der Waals surface area contributed by atoms with Crippen LogP contribution in [0.4, 0.5) is 0 Å². The third-order valence-corrected chi connectivity index (χ3v) is 3.99. The van der Waals surface area contributed by atoms with Gasteiger partial charge in [0, 0.05) is 18.6 Å². The average molecular weight is 335 g/mol. The Hall–Kier alpha value is -2.33. The van der Waals surface area contributed by atoms with Gasteiger partial charge < -0.3 is 20.1 Å². The quantitative estimate of drug-likeness (QED) is 0.514. The third-order valence-electron chi connectivity index (χ3n) is 3.99. The number of hydrogen-bond donors (Lipinski definition) is 4. The number of aliphatic hydroxyl groups excluding tert-OH is 3. The van der Waals surface area contributed by atoms with Gasteiger partial charge in [0.25, 0.3) is 5.56 Å². The van der Waals surface area contributed by atoms with Crippen molar-refractivity contribution in [1.82, 2.24) is 14.5 Å². The van der Waals surface area contributed by atoms with Gasteiger partial charge in [-0.2, -0.15) is 0 Å². The number of rotatable bonds is 4. The van der Waals surface area contributed by atoms with E-state index in [0.717, 1.165) is 5.56 Å². The molecule has 1 saturated heterocycles. The van der Waals surface area contributed by atoms with E-state index in [4.69, 9.17) is 9.84 Å². The molecule has 2 aromatic rings. The van der Waals surface area contributed by atoms with Crippen LogP contribution < -0.4 is 11.2 Å². The van der Waals surface area contributed by atoms with E-state index in [9.17, 15) is 19.8 Å². The van der Waals surface area contributed by atoms with Crippen LogP contribution in [0, 0.1) is 0 Å². The molecule has 0 radical (unpaired) electrons. The molecule has 0 unspecified atom stereocenters.